The molecular formula is C22H25N5O. The van der Waals surface area contributed by atoms with Crippen molar-refractivity contribution in [3.8, 4) is 0 Å². The molecule has 0 radical (unpaired) electrons. The van der Waals surface area contributed by atoms with Gasteiger partial charge in [-0.2, -0.15) is 0 Å². The Labute approximate surface area is 163 Å². The first kappa shape index (κ1) is 17.2. The van der Waals surface area contributed by atoms with E-state index < -0.39 is 0 Å². The lowest BCUT2D eigenvalue weighted by Gasteiger charge is -2.13. The number of rotatable bonds is 6. The topological polar surface area (TPSA) is 57.6 Å². The van der Waals surface area contributed by atoms with Crippen LogP contribution in [-0.4, -0.2) is 23.7 Å². The summed E-state index contributed by atoms with van der Waals surface area (Å²) in [5.74, 6) is 0.616. The van der Waals surface area contributed by atoms with Gasteiger partial charge in [0.25, 0.3) is 0 Å². The Balaban J connectivity index is 1.64. The maximum Gasteiger partial charge on any atom is 0.329 e. The van der Waals surface area contributed by atoms with Crippen molar-refractivity contribution in [3.63, 3.8) is 0 Å². The molecule has 28 heavy (non-hydrogen) atoms. The lowest BCUT2D eigenvalue weighted by Crippen LogP contribution is -2.25. The Morgan fingerprint density at radius 1 is 1.11 bits per heavy atom. The van der Waals surface area contributed by atoms with E-state index in [2.05, 4.69) is 40.5 Å². The molecular weight excluding hydrogens is 350 g/mol. The second-order valence-electron chi connectivity index (χ2n) is 8.21. The minimum absolute atomic E-state index is 0.0686. The van der Waals surface area contributed by atoms with E-state index in [0.717, 1.165) is 53.6 Å². The van der Waals surface area contributed by atoms with Crippen molar-refractivity contribution in [1.29, 1.82) is 0 Å². The number of imidazole rings is 1. The van der Waals surface area contributed by atoms with Crippen molar-refractivity contribution >= 4 is 22.1 Å². The van der Waals surface area contributed by atoms with Crippen molar-refractivity contribution in [3.05, 3.63) is 59.0 Å². The third kappa shape index (κ3) is 2.84. The molecule has 0 spiro atoms. The van der Waals surface area contributed by atoms with Gasteiger partial charge in [0.05, 0.1) is 34.8 Å². The molecule has 0 atom stereocenters. The number of hydrogen-bond acceptors (Lipinski definition) is 3. The van der Waals surface area contributed by atoms with Gasteiger partial charge in [0.1, 0.15) is 0 Å². The van der Waals surface area contributed by atoms with E-state index >= 15 is 0 Å². The molecule has 1 saturated carbocycles. The van der Waals surface area contributed by atoms with Gasteiger partial charge in [-0.15, -0.1) is 0 Å². The molecule has 5 rings (SSSR count). The van der Waals surface area contributed by atoms with Gasteiger partial charge < -0.3 is 4.57 Å². The normalized spacial score (nSPS) is 14.5. The zero-order valence-corrected chi connectivity index (χ0v) is 16.4. The number of fused-ring (bicyclic) bond motifs is 2. The van der Waals surface area contributed by atoms with Crippen LogP contribution in [0.4, 0.5) is 0 Å². The Hall–Kier alpha value is -2.89. The first-order valence-corrected chi connectivity index (χ1v) is 10.1. The summed E-state index contributed by atoms with van der Waals surface area (Å²) in [5, 5.41) is 0. The summed E-state index contributed by atoms with van der Waals surface area (Å²) in [5.41, 5.74) is 5.21. The second kappa shape index (κ2) is 6.62. The van der Waals surface area contributed by atoms with E-state index in [1.54, 1.807) is 6.20 Å². The Morgan fingerprint density at radius 3 is 2.75 bits per heavy atom. The minimum atomic E-state index is 0.0686. The van der Waals surface area contributed by atoms with E-state index in [-0.39, 0.29) is 5.69 Å². The summed E-state index contributed by atoms with van der Waals surface area (Å²) in [6.45, 7) is 5.94. The summed E-state index contributed by atoms with van der Waals surface area (Å²) < 4.78 is 6.16. The number of hydrogen-bond donors (Lipinski definition) is 0. The Kier molecular flexibility index (Phi) is 4.07. The van der Waals surface area contributed by atoms with Crippen LogP contribution in [0.3, 0.4) is 0 Å². The summed E-state index contributed by atoms with van der Waals surface area (Å²) in [4.78, 5) is 22.1. The number of pyridine rings is 2. The molecule has 4 aromatic heterocycles. The van der Waals surface area contributed by atoms with Gasteiger partial charge >= 0.3 is 5.69 Å². The summed E-state index contributed by atoms with van der Waals surface area (Å²) >= 11 is 0. The van der Waals surface area contributed by atoms with Gasteiger partial charge in [0.2, 0.25) is 0 Å². The van der Waals surface area contributed by atoms with Crippen LogP contribution in [0.2, 0.25) is 0 Å². The molecule has 6 heteroatoms. The van der Waals surface area contributed by atoms with E-state index in [1.165, 1.54) is 0 Å². The summed E-state index contributed by atoms with van der Waals surface area (Å²) in [6, 6.07) is 8.52. The molecule has 144 valence electrons. The van der Waals surface area contributed by atoms with E-state index in [9.17, 15) is 4.79 Å². The number of aromatic nitrogens is 5. The van der Waals surface area contributed by atoms with Crippen LogP contribution in [-0.2, 0) is 13.1 Å². The van der Waals surface area contributed by atoms with Crippen molar-refractivity contribution in [1.82, 2.24) is 23.7 Å². The predicted octanol–water partition coefficient (Wildman–Crippen LogP) is 3.98. The van der Waals surface area contributed by atoms with Crippen LogP contribution >= 0.6 is 0 Å². The summed E-state index contributed by atoms with van der Waals surface area (Å²) in [6.07, 6.45) is 8.67. The molecule has 0 N–H and O–H groups in total. The van der Waals surface area contributed by atoms with E-state index in [1.807, 2.05) is 33.7 Å². The average Bonchev–Trinajstić information content (AvgIpc) is 3.40. The summed E-state index contributed by atoms with van der Waals surface area (Å²) in [7, 11) is 0. The van der Waals surface area contributed by atoms with Crippen molar-refractivity contribution < 1.29 is 0 Å². The molecule has 0 amide bonds. The lowest BCUT2D eigenvalue weighted by atomic mass is 10.1. The fourth-order valence-electron chi connectivity index (χ4n) is 4.05. The first-order chi connectivity index (χ1) is 13.6. The van der Waals surface area contributed by atoms with Crippen LogP contribution < -0.4 is 5.69 Å². The molecule has 0 aromatic carbocycles. The SMILES string of the molecule is CC(C)CCn1c(Cn2c(=O)n(C3CC3)c3ccncc32)cc2ncccc21. The molecule has 1 fully saturated rings. The largest absolute Gasteiger partial charge is 0.342 e. The van der Waals surface area contributed by atoms with Crippen molar-refractivity contribution in [2.45, 2.75) is 52.2 Å². The van der Waals surface area contributed by atoms with Gasteiger partial charge in [-0.3, -0.25) is 19.1 Å². The van der Waals surface area contributed by atoms with E-state index in [4.69, 9.17) is 0 Å². The van der Waals surface area contributed by atoms with Crippen LogP contribution in [0.15, 0.2) is 47.7 Å². The van der Waals surface area contributed by atoms with Gasteiger partial charge in [0.15, 0.2) is 0 Å². The standard InChI is InChI=1S/C22H25N5O/c1-15(2)8-11-25-17(12-18-19(25)4-3-9-24-18)14-26-21-13-23-10-7-20(21)27(22(26)28)16-5-6-16/h3-4,7,9-10,12-13,15-16H,5-6,8,11,14H2,1-2H3. The molecule has 1 aliphatic carbocycles. The van der Waals surface area contributed by atoms with Crippen LogP contribution in [0, 0.1) is 5.92 Å². The average molecular weight is 375 g/mol. The van der Waals surface area contributed by atoms with Crippen LogP contribution in [0.1, 0.15) is 44.8 Å². The Morgan fingerprint density at radius 2 is 1.96 bits per heavy atom. The minimum Gasteiger partial charge on any atom is -0.342 e. The Bertz CT molecular complexity index is 1210. The number of aryl methyl sites for hydroxylation is 1. The second-order valence-corrected chi connectivity index (χ2v) is 8.21. The molecule has 0 saturated heterocycles. The van der Waals surface area contributed by atoms with Gasteiger partial charge in [-0.05, 0) is 49.4 Å². The number of nitrogens with zero attached hydrogens (tertiary/aromatic N) is 5. The molecule has 4 aromatic rings. The third-order valence-corrected chi connectivity index (χ3v) is 5.68. The van der Waals surface area contributed by atoms with Crippen LogP contribution in [0.5, 0.6) is 0 Å². The highest BCUT2D eigenvalue weighted by molar-refractivity contribution is 5.78. The van der Waals surface area contributed by atoms with Gasteiger partial charge in [-0.25, -0.2) is 4.79 Å². The molecule has 6 nitrogen and oxygen atoms in total. The highest BCUT2D eigenvalue weighted by atomic mass is 16.1. The highest BCUT2D eigenvalue weighted by Crippen LogP contribution is 2.36. The molecule has 0 unspecified atom stereocenters. The maximum atomic E-state index is 13.2. The smallest absolute Gasteiger partial charge is 0.329 e. The third-order valence-electron chi connectivity index (χ3n) is 5.68. The van der Waals surface area contributed by atoms with Crippen molar-refractivity contribution in [2.75, 3.05) is 0 Å². The van der Waals surface area contributed by atoms with Gasteiger partial charge in [-0.1, -0.05) is 13.8 Å². The fourth-order valence-corrected chi connectivity index (χ4v) is 4.05. The zero-order valence-electron chi connectivity index (χ0n) is 16.4. The fraction of sp³-hybridized carbons (Fsp3) is 0.409. The molecule has 0 aliphatic heterocycles. The predicted molar refractivity (Wildman–Crippen MR) is 111 cm³/mol. The maximum absolute atomic E-state index is 13.2. The highest BCUT2D eigenvalue weighted by Gasteiger charge is 2.29. The lowest BCUT2D eigenvalue weighted by molar-refractivity contribution is 0.511. The molecule has 4 heterocycles. The first-order valence-electron chi connectivity index (χ1n) is 10.1. The van der Waals surface area contributed by atoms with Crippen molar-refractivity contribution in [2.24, 2.45) is 5.92 Å². The zero-order chi connectivity index (χ0) is 19.3. The monoisotopic (exact) mass is 375 g/mol. The van der Waals surface area contributed by atoms with Crippen LogP contribution in [0.25, 0.3) is 22.1 Å². The van der Waals surface area contributed by atoms with E-state index in [0.29, 0.717) is 18.5 Å². The molecule has 0 bridgehead atoms. The van der Waals surface area contributed by atoms with Gasteiger partial charge in [0, 0.05) is 30.7 Å². The quantitative estimate of drug-likeness (QED) is 0.512. The molecule has 1 aliphatic rings.